The van der Waals surface area contributed by atoms with E-state index in [0.717, 1.165) is 16.8 Å². The van der Waals surface area contributed by atoms with Crippen LogP contribution < -0.4 is 14.8 Å². The van der Waals surface area contributed by atoms with Gasteiger partial charge in [-0.05, 0) is 59.7 Å². The van der Waals surface area contributed by atoms with Gasteiger partial charge in [0.2, 0.25) is 5.91 Å². The van der Waals surface area contributed by atoms with Gasteiger partial charge in [0.25, 0.3) is 0 Å². The lowest BCUT2D eigenvalue weighted by atomic mass is 9.96. The fraction of sp³-hybridized carbons (Fsp3) is 0.276. The summed E-state index contributed by atoms with van der Waals surface area (Å²) >= 11 is 1.70. The number of aromatic amines is 1. The minimum absolute atomic E-state index is 0.0745. The van der Waals surface area contributed by atoms with Crippen LogP contribution in [0, 0.1) is 5.92 Å². The van der Waals surface area contributed by atoms with Gasteiger partial charge in [-0.15, -0.1) is 11.3 Å². The van der Waals surface area contributed by atoms with E-state index >= 15 is 0 Å². The molecule has 2 aromatic carbocycles. The monoisotopic (exact) mass is 488 g/mol. The topological polar surface area (TPSA) is 63.3 Å². The molecule has 1 amide bonds. The molecular formula is C29H32N2O3S. The molecule has 0 saturated heterocycles. The Morgan fingerprint density at radius 3 is 2.71 bits per heavy atom. The number of para-hydroxylation sites is 1. The molecule has 0 spiro atoms. The molecule has 5 nitrogen and oxygen atoms in total. The highest BCUT2D eigenvalue weighted by Gasteiger charge is 2.19. The van der Waals surface area contributed by atoms with Crippen molar-refractivity contribution in [2.75, 3.05) is 19.8 Å². The van der Waals surface area contributed by atoms with Crippen LogP contribution in [-0.4, -0.2) is 30.6 Å². The minimum Gasteiger partial charge on any atom is -0.490 e. The van der Waals surface area contributed by atoms with E-state index in [4.69, 9.17) is 9.47 Å². The number of nitrogens with one attached hydrogen (secondary N) is 2. The van der Waals surface area contributed by atoms with Crippen LogP contribution in [-0.2, 0) is 4.79 Å². The molecule has 0 radical (unpaired) electrons. The fourth-order valence-electron chi connectivity index (χ4n) is 3.94. The van der Waals surface area contributed by atoms with Crippen molar-refractivity contribution in [3.8, 4) is 11.5 Å². The number of amides is 1. The number of hydrogen-bond donors (Lipinski definition) is 2. The molecule has 1 atom stereocenters. The van der Waals surface area contributed by atoms with E-state index in [1.54, 1.807) is 23.5 Å². The van der Waals surface area contributed by atoms with Gasteiger partial charge in [-0.3, -0.25) is 4.79 Å². The van der Waals surface area contributed by atoms with Gasteiger partial charge < -0.3 is 19.8 Å². The summed E-state index contributed by atoms with van der Waals surface area (Å²) in [5.74, 6) is 1.78. The van der Waals surface area contributed by atoms with Gasteiger partial charge in [0.1, 0.15) is 0 Å². The van der Waals surface area contributed by atoms with Gasteiger partial charge in [0.15, 0.2) is 11.5 Å². The highest BCUT2D eigenvalue weighted by molar-refractivity contribution is 7.10. The van der Waals surface area contributed by atoms with E-state index in [-0.39, 0.29) is 11.8 Å². The first-order valence-corrected chi connectivity index (χ1v) is 12.9. The number of aromatic nitrogens is 1. The Hall–Kier alpha value is -3.51. The van der Waals surface area contributed by atoms with Crippen molar-refractivity contribution < 1.29 is 14.3 Å². The van der Waals surface area contributed by atoms with Crippen LogP contribution in [0.25, 0.3) is 17.0 Å². The van der Waals surface area contributed by atoms with E-state index in [9.17, 15) is 4.79 Å². The van der Waals surface area contributed by atoms with Gasteiger partial charge in [0.05, 0.1) is 13.2 Å². The minimum atomic E-state index is -0.135. The standard InChI is InChI=1S/C29H32N2O3S/c1-4-33-27-16-21(11-13-26(27)34-19-20(2)3)12-14-29(32)31-18-24(28-10-7-15-35-28)23-17-30-25-9-6-5-8-22(23)25/h5-17,20,24,30H,4,18-19H2,1-3H3,(H,31,32)/b14-12+/t24-/m1/s1. The van der Waals surface area contributed by atoms with E-state index < -0.39 is 0 Å². The Labute approximate surface area is 210 Å². The Morgan fingerprint density at radius 1 is 1.09 bits per heavy atom. The van der Waals surface area contributed by atoms with Crippen molar-refractivity contribution in [2.45, 2.75) is 26.7 Å². The number of hydrogen-bond acceptors (Lipinski definition) is 4. The van der Waals surface area contributed by atoms with Crippen molar-refractivity contribution in [3.63, 3.8) is 0 Å². The van der Waals surface area contributed by atoms with Crippen molar-refractivity contribution >= 4 is 34.2 Å². The zero-order chi connectivity index (χ0) is 24.6. The number of rotatable bonds is 11. The van der Waals surface area contributed by atoms with Crippen molar-refractivity contribution in [2.24, 2.45) is 5.92 Å². The SMILES string of the molecule is CCOc1cc(/C=C/C(=O)NC[C@@H](c2cccs2)c2c[nH]c3ccccc23)ccc1OCC(C)C. The third kappa shape index (κ3) is 6.34. The van der Waals surface area contributed by atoms with Crippen LogP contribution in [0.2, 0.25) is 0 Å². The fourth-order valence-corrected chi connectivity index (χ4v) is 4.79. The van der Waals surface area contributed by atoms with Crippen LogP contribution in [0.5, 0.6) is 11.5 Å². The maximum atomic E-state index is 12.7. The normalized spacial score (nSPS) is 12.3. The predicted molar refractivity (Wildman–Crippen MR) is 144 cm³/mol. The predicted octanol–water partition coefficient (Wildman–Crippen LogP) is 6.62. The summed E-state index contributed by atoms with van der Waals surface area (Å²) in [4.78, 5) is 17.3. The number of carbonyl (C=O) groups is 1. The summed E-state index contributed by atoms with van der Waals surface area (Å²) in [5, 5.41) is 6.34. The Kier molecular flexibility index (Phi) is 8.27. The highest BCUT2D eigenvalue weighted by Crippen LogP contribution is 2.33. The molecule has 0 aliphatic rings. The summed E-state index contributed by atoms with van der Waals surface area (Å²) in [6.45, 7) is 7.84. The maximum Gasteiger partial charge on any atom is 0.244 e. The number of benzene rings is 2. The molecule has 182 valence electrons. The number of ether oxygens (including phenoxy) is 2. The lowest BCUT2D eigenvalue weighted by Gasteiger charge is -2.16. The van der Waals surface area contributed by atoms with Crippen LogP contribution in [0.1, 0.15) is 42.7 Å². The van der Waals surface area contributed by atoms with Gasteiger partial charge >= 0.3 is 0 Å². The molecule has 2 heterocycles. The first-order valence-electron chi connectivity index (χ1n) is 12.0. The zero-order valence-electron chi connectivity index (χ0n) is 20.4. The molecule has 6 heteroatoms. The molecule has 2 aromatic heterocycles. The quantitative estimate of drug-likeness (QED) is 0.233. The molecular weight excluding hydrogens is 456 g/mol. The molecule has 0 aliphatic heterocycles. The maximum absolute atomic E-state index is 12.7. The van der Waals surface area contributed by atoms with E-state index in [1.165, 1.54) is 15.8 Å². The summed E-state index contributed by atoms with van der Waals surface area (Å²) in [6, 6.07) is 18.2. The van der Waals surface area contributed by atoms with Crippen molar-refractivity contribution in [3.05, 3.63) is 88.3 Å². The second-order valence-corrected chi connectivity index (χ2v) is 9.76. The smallest absolute Gasteiger partial charge is 0.244 e. The summed E-state index contributed by atoms with van der Waals surface area (Å²) < 4.78 is 11.6. The molecule has 0 unspecified atom stereocenters. The molecule has 4 rings (SSSR count). The third-order valence-corrected chi connectivity index (χ3v) is 6.62. The molecule has 0 saturated carbocycles. The largest absolute Gasteiger partial charge is 0.490 e. The number of carbonyl (C=O) groups excluding carboxylic acids is 1. The molecule has 35 heavy (non-hydrogen) atoms. The molecule has 0 aliphatic carbocycles. The second-order valence-electron chi connectivity index (χ2n) is 8.78. The molecule has 0 fully saturated rings. The summed E-state index contributed by atoms with van der Waals surface area (Å²) in [6.07, 6.45) is 5.42. The van der Waals surface area contributed by atoms with Crippen molar-refractivity contribution in [1.82, 2.24) is 10.3 Å². The summed E-state index contributed by atoms with van der Waals surface area (Å²) in [7, 11) is 0. The van der Waals surface area contributed by atoms with Gasteiger partial charge in [0, 0.05) is 40.5 Å². The molecule has 2 N–H and O–H groups in total. The highest BCUT2D eigenvalue weighted by atomic mass is 32.1. The van der Waals surface area contributed by atoms with E-state index in [0.29, 0.717) is 31.4 Å². The summed E-state index contributed by atoms with van der Waals surface area (Å²) in [5.41, 5.74) is 3.17. The van der Waals surface area contributed by atoms with Gasteiger partial charge in [-0.2, -0.15) is 0 Å². The molecule has 0 bridgehead atoms. The zero-order valence-corrected chi connectivity index (χ0v) is 21.2. The lowest BCUT2D eigenvalue weighted by Crippen LogP contribution is -2.26. The Morgan fingerprint density at radius 2 is 1.94 bits per heavy atom. The van der Waals surface area contributed by atoms with Crippen LogP contribution in [0.15, 0.2) is 72.3 Å². The number of fused-ring (bicyclic) bond motifs is 1. The van der Waals surface area contributed by atoms with E-state index in [1.807, 2.05) is 43.3 Å². The van der Waals surface area contributed by atoms with Gasteiger partial charge in [-0.1, -0.05) is 44.2 Å². The number of H-pyrrole nitrogens is 1. The first-order chi connectivity index (χ1) is 17.0. The lowest BCUT2D eigenvalue weighted by molar-refractivity contribution is -0.116. The first kappa shape index (κ1) is 24.6. The molecule has 4 aromatic rings. The van der Waals surface area contributed by atoms with Crippen molar-refractivity contribution in [1.29, 1.82) is 0 Å². The van der Waals surface area contributed by atoms with E-state index in [2.05, 4.69) is 53.9 Å². The Balaban J connectivity index is 1.45. The van der Waals surface area contributed by atoms with Crippen LogP contribution >= 0.6 is 11.3 Å². The van der Waals surface area contributed by atoms with Gasteiger partial charge in [-0.25, -0.2) is 0 Å². The third-order valence-electron chi connectivity index (χ3n) is 5.63. The average molecular weight is 489 g/mol. The average Bonchev–Trinajstić information content (AvgIpc) is 3.53. The Bertz CT molecular complexity index is 1270. The number of thiophene rings is 1. The van der Waals surface area contributed by atoms with Crippen LogP contribution in [0.3, 0.4) is 0 Å². The second kappa shape index (κ2) is 11.8. The van der Waals surface area contributed by atoms with Crippen LogP contribution in [0.4, 0.5) is 0 Å².